The molecule has 0 amide bonds. The number of halogens is 1. The van der Waals surface area contributed by atoms with Crippen LogP contribution in [-0.4, -0.2) is 17.2 Å². The summed E-state index contributed by atoms with van der Waals surface area (Å²) in [7, 11) is 0. The minimum Gasteiger partial charge on any atom is -0.299 e. The Morgan fingerprint density at radius 1 is 0.667 bits per heavy atom. The first kappa shape index (κ1) is 24.6. The van der Waals surface area contributed by atoms with E-state index in [-0.39, 0.29) is 18.3 Å². The largest absolute Gasteiger partial charge is 0.299 e. The molecule has 2 aromatic rings. The maximum absolute atomic E-state index is 13.0. The standard InChI is InChI=1S/C27H37NO.ClH/c29-27-20-14-6-4-2-1-3-5-13-19-26(27)23-28(21-24-15-9-7-10-16-24)22-25-17-11-8-12-18-25;/h7-12,15-18,26H,1-6,13-14,19-23H2;1H. The lowest BCUT2D eigenvalue weighted by atomic mass is 9.91. The van der Waals surface area contributed by atoms with Gasteiger partial charge in [0.1, 0.15) is 5.78 Å². The van der Waals surface area contributed by atoms with E-state index in [0.29, 0.717) is 5.78 Å². The lowest BCUT2D eigenvalue weighted by Gasteiger charge is -2.27. The zero-order chi connectivity index (χ0) is 20.2. The minimum atomic E-state index is 0. The van der Waals surface area contributed by atoms with E-state index >= 15 is 0 Å². The number of Topliss-reactive ketones (excluding diaryl/α,β-unsaturated/α-hetero) is 1. The molecule has 3 heteroatoms. The van der Waals surface area contributed by atoms with Crippen molar-refractivity contribution >= 4 is 18.2 Å². The molecule has 0 aliphatic heterocycles. The van der Waals surface area contributed by atoms with Crippen molar-refractivity contribution in [3.8, 4) is 0 Å². The fourth-order valence-corrected chi connectivity index (χ4v) is 4.49. The molecule has 0 saturated heterocycles. The molecule has 30 heavy (non-hydrogen) atoms. The molecule has 2 aromatic carbocycles. The average molecular weight is 428 g/mol. The molecule has 1 aliphatic rings. The summed E-state index contributed by atoms with van der Waals surface area (Å²) in [5.74, 6) is 0.679. The highest BCUT2D eigenvalue weighted by molar-refractivity contribution is 5.85. The number of carbonyl (C=O) groups is 1. The van der Waals surface area contributed by atoms with Gasteiger partial charge in [-0.05, 0) is 24.0 Å². The molecule has 1 atom stereocenters. The molecule has 2 nitrogen and oxygen atoms in total. The zero-order valence-corrected chi connectivity index (χ0v) is 19.1. The first-order valence-electron chi connectivity index (χ1n) is 11.6. The monoisotopic (exact) mass is 427 g/mol. The highest BCUT2D eigenvalue weighted by Crippen LogP contribution is 2.21. The van der Waals surface area contributed by atoms with Crippen LogP contribution in [0.25, 0.3) is 0 Å². The first-order chi connectivity index (χ1) is 14.3. The van der Waals surface area contributed by atoms with Crippen molar-refractivity contribution in [3.05, 3.63) is 71.8 Å². The number of carbonyl (C=O) groups excluding carboxylic acids is 1. The molecule has 0 aromatic heterocycles. The van der Waals surface area contributed by atoms with Crippen LogP contribution in [0.15, 0.2) is 60.7 Å². The van der Waals surface area contributed by atoms with Crippen LogP contribution in [-0.2, 0) is 17.9 Å². The van der Waals surface area contributed by atoms with Crippen LogP contribution in [0.5, 0.6) is 0 Å². The first-order valence-corrected chi connectivity index (χ1v) is 11.6. The third-order valence-corrected chi connectivity index (χ3v) is 6.16. The lowest BCUT2D eigenvalue weighted by molar-refractivity contribution is -0.124. The van der Waals surface area contributed by atoms with Crippen LogP contribution in [0.1, 0.15) is 75.3 Å². The van der Waals surface area contributed by atoms with Gasteiger partial charge in [0.25, 0.3) is 0 Å². The van der Waals surface area contributed by atoms with Crippen molar-refractivity contribution in [1.82, 2.24) is 4.90 Å². The predicted molar refractivity (Wildman–Crippen MR) is 129 cm³/mol. The van der Waals surface area contributed by atoms with Gasteiger partial charge >= 0.3 is 0 Å². The number of ketones is 1. The average Bonchev–Trinajstić information content (AvgIpc) is 2.74. The van der Waals surface area contributed by atoms with E-state index in [9.17, 15) is 4.79 Å². The third-order valence-electron chi connectivity index (χ3n) is 6.16. The van der Waals surface area contributed by atoms with E-state index in [4.69, 9.17) is 0 Å². The number of hydrogen-bond acceptors (Lipinski definition) is 2. The SMILES string of the molecule is Cl.O=C1CCCCCCCCCCC1CN(Cc1ccccc1)Cc1ccccc1. The maximum atomic E-state index is 13.0. The summed E-state index contributed by atoms with van der Waals surface area (Å²) in [6, 6.07) is 21.4. The van der Waals surface area contributed by atoms with Crippen LogP contribution in [0.4, 0.5) is 0 Å². The number of benzene rings is 2. The van der Waals surface area contributed by atoms with Gasteiger partial charge in [0.2, 0.25) is 0 Å². The van der Waals surface area contributed by atoms with Crippen molar-refractivity contribution in [2.75, 3.05) is 6.54 Å². The summed E-state index contributed by atoms with van der Waals surface area (Å²) in [5.41, 5.74) is 2.65. The molecule has 0 N–H and O–H groups in total. The summed E-state index contributed by atoms with van der Waals surface area (Å²) < 4.78 is 0. The molecule has 1 unspecified atom stereocenters. The van der Waals surface area contributed by atoms with E-state index in [1.54, 1.807) is 0 Å². The third kappa shape index (κ3) is 9.02. The Morgan fingerprint density at radius 2 is 1.13 bits per heavy atom. The van der Waals surface area contributed by atoms with Gasteiger partial charge in [-0.3, -0.25) is 9.69 Å². The Morgan fingerprint density at radius 3 is 1.67 bits per heavy atom. The Balaban J connectivity index is 0.00000320. The number of nitrogens with zero attached hydrogens (tertiary/aromatic N) is 1. The highest BCUT2D eigenvalue weighted by atomic mass is 35.5. The lowest BCUT2D eigenvalue weighted by Crippen LogP contribution is -2.33. The molecule has 3 rings (SSSR count). The summed E-state index contributed by atoms with van der Waals surface area (Å²) >= 11 is 0. The van der Waals surface area contributed by atoms with Crippen molar-refractivity contribution in [2.24, 2.45) is 5.92 Å². The van der Waals surface area contributed by atoms with Gasteiger partial charge in [-0.25, -0.2) is 0 Å². The van der Waals surface area contributed by atoms with Crippen LogP contribution < -0.4 is 0 Å². The van der Waals surface area contributed by atoms with Gasteiger partial charge in [0.05, 0.1) is 0 Å². The summed E-state index contributed by atoms with van der Waals surface area (Å²) in [6.45, 7) is 2.68. The normalized spacial score (nSPS) is 18.8. The molecule has 0 bridgehead atoms. The summed E-state index contributed by atoms with van der Waals surface area (Å²) in [4.78, 5) is 15.5. The molecule has 0 spiro atoms. The van der Waals surface area contributed by atoms with Crippen LogP contribution in [0.2, 0.25) is 0 Å². The molecule has 1 aliphatic carbocycles. The van der Waals surface area contributed by atoms with E-state index in [2.05, 4.69) is 65.6 Å². The molecule has 0 radical (unpaired) electrons. The second-order valence-corrected chi connectivity index (χ2v) is 8.67. The quantitative estimate of drug-likeness (QED) is 0.485. The van der Waals surface area contributed by atoms with Crippen molar-refractivity contribution in [2.45, 2.75) is 77.3 Å². The topological polar surface area (TPSA) is 20.3 Å². The summed E-state index contributed by atoms with van der Waals surface area (Å²) in [5, 5.41) is 0. The van der Waals surface area contributed by atoms with Crippen molar-refractivity contribution in [1.29, 1.82) is 0 Å². The number of hydrogen-bond donors (Lipinski definition) is 0. The van der Waals surface area contributed by atoms with Crippen LogP contribution in [0.3, 0.4) is 0 Å². The molecular formula is C27H38ClNO. The Bertz CT molecular complexity index is 662. The highest BCUT2D eigenvalue weighted by Gasteiger charge is 2.22. The molecule has 1 fully saturated rings. The molecule has 1 saturated carbocycles. The van der Waals surface area contributed by atoms with Crippen LogP contribution in [0, 0.1) is 5.92 Å². The van der Waals surface area contributed by atoms with E-state index in [0.717, 1.165) is 38.9 Å². The Kier molecular flexibility index (Phi) is 11.8. The van der Waals surface area contributed by atoms with E-state index in [1.807, 2.05) is 0 Å². The Hall–Kier alpha value is -1.64. The molecule has 164 valence electrons. The second-order valence-electron chi connectivity index (χ2n) is 8.67. The maximum Gasteiger partial charge on any atom is 0.137 e. The summed E-state index contributed by atoms with van der Waals surface area (Å²) in [6.07, 6.45) is 11.9. The molecular weight excluding hydrogens is 390 g/mol. The van der Waals surface area contributed by atoms with Crippen LogP contribution >= 0.6 is 12.4 Å². The fourth-order valence-electron chi connectivity index (χ4n) is 4.49. The van der Waals surface area contributed by atoms with Gasteiger partial charge in [0, 0.05) is 32.0 Å². The number of rotatable bonds is 6. The van der Waals surface area contributed by atoms with E-state index in [1.165, 1.54) is 56.1 Å². The van der Waals surface area contributed by atoms with Gasteiger partial charge in [-0.1, -0.05) is 106 Å². The second kappa shape index (κ2) is 14.4. The van der Waals surface area contributed by atoms with Gasteiger partial charge < -0.3 is 0 Å². The Labute approximate surface area is 189 Å². The minimum absolute atomic E-state index is 0. The predicted octanol–water partition coefficient (Wildman–Crippen LogP) is 7.21. The fraction of sp³-hybridized carbons (Fsp3) is 0.519. The van der Waals surface area contributed by atoms with Crippen molar-refractivity contribution in [3.63, 3.8) is 0 Å². The van der Waals surface area contributed by atoms with Crippen molar-refractivity contribution < 1.29 is 4.79 Å². The van der Waals surface area contributed by atoms with Gasteiger partial charge in [-0.15, -0.1) is 12.4 Å². The smallest absolute Gasteiger partial charge is 0.137 e. The van der Waals surface area contributed by atoms with Gasteiger partial charge in [0.15, 0.2) is 0 Å². The van der Waals surface area contributed by atoms with Gasteiger partial charge in [-0.2, -0.15) is 0 Å². The zero-order valence-electron chi connectivity index (χ0n) is 18.3. The molecule has 0 heterocycles. The van der Waals surface area contributed by atoms with E-state index < -0.39 is 0 Å².